The summed E-state index contributed by atoms with van der Waals surface area (Å²) in [5.74, 6) is 0.178. The fourth-order valence-corrected chi connectivity index (χ4v) is 3.45. The highest BCUT2D eigenvalue weighted by molar-refractivity contribution is 6.04. The second-order valence-electron chi connectivity index (χ2n) is 6.59. The van der Waals surface area contributed by atoms with Crippen molar-refractivity contribution in [1.82, 2.24) is 10.6 Å². The summed E-state index contributed by atoms with van der Waals surface area (Å²) in [6.45, 7) is 0. The molecule has 2 heterocycles. The number of benzene rings is 1. The highest BCUT2D eigenvalue weighted by Gasteiger charge is 2.44. The molecule has 1 aromatic carbocycles. The minimum atomic E-state index is -0.655. The van der Waals surface area contributed by atoms with Gasteiger partial charge in [-0.3, -0.25) is 14.9 Å². The van der Waals surface area contributed by atoms with Crippen LogP contribution in [0.15, 0.2) is 18.2 Å². The lowest BCUT2D eigenvalue weighted by molar-refractivity contribution is -0.120. The molecule has 132 valence electrons. The van der Waals surface area contributed by atoms with Gasteiger partial charge in [0.1, 0.15) is 6.04 Å². The molecule has 1 saturated heterocycles. The van der Waals surface area contributed by atoms with Crippen LogP contribution in [-0.2, 0) is 9.59 Å². The smallest absolute Gasteiger partial charge is 0.322 e. The third-order valence-electron chi connectivity index (χ3n) is 4.70. The molecular weight excluding hydrogens is 326 g/mol. The van der Waals surface area contributed by atoms with E-state index in [2.05, 4.69) is 16.0 Å². The average Bonchev–Trinajstić information content (AvgIpc) is 3.24. The molecule has 1 aliphatic carbocycles. The molecule has 8 nitrogen and oxygen atoms in total. The number of hydrogen-bond acceptors (Lipinski definition) is 5. The number of fused-ring (bicyclic) bond motifs is 1. The Bertz CT molecular complexity index is 742. The lowest BCUT2D eigenvalue weighted by atomic mass is 10.1. The first-order chi connectivity index (χ1) is 12.0. The van der Waals surface area contributed by atoms with Crippen molar-refractivity contribution in [2.75, 3.05) is 5.32 Å². The summed E-state index contributed by atoms with van der Waals surface area (Å²) < 4.78 is 11.9. The zero-order chi connectivity index (χ0) is 17.4. The standard InChI is InChI=1S/C17H19N3O5/c21-14(6-4-11-15(22)20-16(23)19-11)18-10-3-5-12-13(9-10)25-17(24-12)7-1-2-8-17/h3,5,9,11H,1-2,4,6-8H2,(H,18,21)(H2,19,20,22,23)/t11-/m0/s1. The Morgan fingerprint density at radius 2 is 1.96 bits per heavy atom. The maximum absolute atomic E-state index is 12.1. The Balaban J connectivity index is 1.34. The van der Waals surface area contributed by atoms with Gasteiger partial charge in [0.2, 0.25) is 5.91 Å². The minimum Gasteiger partial charge on any atom is -0.448 e. The normalized spacial score (nSPS) is 22.8. The van der Waals surface area contributed by atoms with Crippen molar-refractivity contribution >= 4 is 23.5 Å². The van der Waals surface area contributed by atoms with E-state index in [-0.39, 0.29) is 18.7 Å². The van der Waals surface area contributed by atoms with Gasteiger partial charge in [-0.1, -0.05) is 0 Å². The van der Waals surface area contributed by atoms with E-state index in [9.17, 15) is 14.4 Å². The van der Waals surface area contributed by atoms with E-state index in [4.69, 9.17) is 9.47 Å². The van der Waals surface area contributed by atoms with Crippen LogP contribution < -0.4 is 25.4 Å². The summed E-state index contributed by atoms with van der Waals surface area (Å²) in [4.78, 5) is 34.6. The molecule has 4 amide bonds. The highest BCUT2D eigenvalue weighted by Crippen LogP contribution is 2.47. The van der Waals surface area contributed by atoms with Crippen molar-refractivity contribution in [3.05, 3.63) is 18.2 Å². The second-order valence-corrected chi connectivity index (χ2v) is 6.59. The van der Waals surface area contributed by atoms with Crippen LogP contribution in [0.25, 0.3) is 0 Å². The number of urea groups is 1. The molecule has 1 spiro atoms. The number of carbonyl (C=O) groups is 3. The quantitative estimate of drug-likeness (QED) is 0.720. The topological polar surface area (TPSA) is 106 Å². The van der Waals surface area contributed by atoms with Crippen molar-refractivity contribution in [3.63, 3.8) is 0 Å². The maximum Gasteiger partial charge on any atom is 0.322 e. The van der Waals surface area contributed by atoms with Crippen LogP contribution in [0, 0.1) is 0 Å². The zero-order valence-electron chi connectivity index (χ0n) is 13.6. The third-order valence-corrected chi connectivity index (χ3v) is 4.70. The summed E-state index contributed by atoms with van der Waals surface area (Å²) >= 11 is 0. The fraction of sp³-hybridized carbons (Fsp3) is 0.471. The van der Waals surface area contributed by atoms with Crippen LogP contribution in [0.2, 0.25) is 0 Å². The van der Waals surface area contributed by atoms with E-state index < -0.39 is 23.8 Å². The molecule has 1 aromatic rings. The zero-order valence-corrected chi connectivity index (χ0v) is 13.6. The Hall–Kier alpha value is -2.77. The molecule has 0 radical (unpaired) electrons. The van der Waals surface area contributed by atoms with Crippen molar-refractivity contribution in [3.8, 4) is 11.5 Å². The van der Waals surface area contributed by atoms with Crippen molar-refractivity contribution in [1.29, 1.82) is 0 Å². The van der Waals surface area contributed by atoms with Crippen molar-refractivity contribution < 1.29 is 23.9 Å². The van der Waals surface area contributed by atoms with Gasteiger partial charge in [0, 0.05) is 31.0 Å². The van der Waals surface area contributed by atoms with Crippen LogP contribution >= 0.6 is 0 Å². The lowest BCUT2D eigenvalue weighted by Gasteiger charge is -2.21. The van der Waals surface area contributed by atoms with Gasteiger partial charge < -0.3 is 20.1 Å². The molecule has 0 bridgehead atoms. The Labute approximate surface area is 144 Å². The first-order valence-corrected chi connectivity index (χ1v) is 8.46. The number of amides is 4. The average molecular weight is 345 g/mol. The van der Waals surface area contributed by atoms with E-state index in [0.717, 1.165) is 25.7 Å². The summed E-state index contributed by atoms with van der Waals surface area (Å²) in [6.07, 6.45) is 4.29. The number of hydrogen-bond donors (Lipinski definition) is 3. The minimum absolute atomic E-state index is 0.122. The monoisotopic (exact) mass is 345 g/mol. The van der Waals surface area contributed by atoms with Crippen molar-refractivity contribution in [2.45, 2.75) is 50.4 Å². The van der Waals surface area contributed by atoms with E-state index in [1.165, 1.54) is 0 Å². The van der Waals surface area contributed by atoms with Gasteiger partial charge in [-0.2, -0.15) is 0 Å². The molecule has 3 aliphatic rings. The van der Waals surface area contributed by atoms with Gasteiger partial charge in [0.05, 0.1) is 0 Å². The molecule has 1 saturated carbocycles. The number of rotatable bonds is 4. The summed E-state index contributed by atoms with van der Waals surface area (Å²) in [6, 6.07) is 4.13. The predicted octanol–water partition coefficient (Wildman–Crippen LogP) is 1.65. The lowest BCUT2D eigenvalue weighted by Crippen LogP contribution is -2.34. The second kappa shape index (κ2) is 5.94. The fourth-order valence-electron chi connectivity index (χ4n) is 3.45. The summed E-state index contributed by atoms with van der Waals surface area (Å²) in [7, 11) is 0. The third kappa shape index (κ3) is 3.11. The SMILES string of the molecule is O=C(CC[C@@H]1NC(=O)NC1=O)Nc1ccc2c(c1)OC1(CCCC1)O2. The van der Waals surface area contributed by atoms with E-state index in [1.807, 2.05) is 0 Å². The molecule has 8 heteroatoms. The molecule has 3 N–H and O–H groups in total. The van der Waals surface area contributed by atoms with E-state index in [0.29, 0.717) is 17.2 Å². The van der Waals surface area contributed by atoms with Crippen LogP contribution in [0.5, 0.6) is 11.5 Å². The van der Waals surface area contributed by atoms with Gasteiger partial charge in [0.25, 0.3) is 11.7 Å². The molecule has 2 aliphatic heterocycles. The molecule has 1 atom stereocenters. The van der Waals surface area contributed by atoms with Gasteiger partial charge in [-0.05, 0) is 31.4 Å². The number of ether oxygens (including phenoxy) is 2. The Morgan fingerprint density at radius 1 is 1.20 bits per heavy atom. The van der Waals surface area contributed by atoms with Crippen molar-refractivity contribution in [2.24, 2.45) is 0 Å². The maximum atomic E-state index is 12.1. The largest absolute Gasteiger partial charge is 0.448 e. The number of anilines is 1. The van der Waals surface area contributed by atoms with Crippen LogP contribution in [0.1, 0.15) is 38.5 Å². The molecule has 4 rings (SSSR count). The molecule has 0 unspecified atom stereocenters. The van der Waals surface area contributed by atoms with Crippen LogP contribution in [0.3, 0.4) is 0 Å². The highest BCUT2D eigenvalue weighted by atomic mass is 16.7. The Morgan fingerprint density at radius 3 is 2.68 bits per heavy atom. The van der Waals surface area contributed by atoms with Crippen LogP contribution in [-0.4, -0.2) is 29.7 Å². The molecule has 2 fully saturated rings. The predicted molar refractivity (Wildman–Crippen MR) is 87.2 cm³/mol. The molecule has 25 heavy (non-hydrogen) atoms. The molecule has 0 aromatic heterocycles. The van der Waals surface area contributed by atoms with E-state index in [1.54, 1.807) is 18.2 Å². The summed E-state index contributed by atoms with van der Waals surface area (Å²) in [5.41, 5.74) is 0.613. The first kappa shape index (κ1) is 15.7. The van der Waals surface area contributed by atoms with Gasteiger partial charge >= 0.3 is 6.03 Å². The van der Waals surface area contributed by atoms with E-state index >= 15 is 0 Å². The van der Waals surface area contributed by atoms with Gasteiger partial charge in [0.15, 0.2) is 11.5 Å². The Kier molecular flexibility index (Phi) is 3.74. The number of nitrogens with one attached hydrogen (secondary N) is 3. The molecular formula is C17H19N3O5. The summed E-state index contributed by atoms with van der Waals surface area (Å²) in [5, 5.41) is 7.39. The number of imide groups is 1. The van der Waals surface area contributed by atoms with Crippen LogP contribution in [0.4, 0.5) is 10.5 Å². The van der Waals surface area contributed by atoms with Gasteiger partial charge in [-0.25, -0.2) is 4.79 Å². The first-order valence-electron chi connectivity index (χ1n) is 8.46. The number of carbonyl (C=O) groups excluding carboxylic acids is 3. The van der Waals surface area contributed by atoms with Gasteiger partial charge in [-0.15, -0.1) is 0 Å².